The van der Waals surface area contributed by atoms with Gasteiger partial charge in [0.1, 0.15) is 0 Å². The number of rotatable bonds is 6. The van der Waals surface area contributed by atoms with E-state index in [-0.39, 0.29) is 0 Å². The fourth-order valence-corrected chi connectivity index (χ4v) is 1.37. The third-order valence-electron chi connectivity index (χ3n) is 2.21. The Balaban J connectivity index is 1.96. The van der Waals surface area contributed by atoms with Gasteiger partial charge in [-0.25, -0.2) is 9.97 Å². The zero-order valence-electron chi connectivity index (χ0n) is 10.6. The van der Waals surface area contributed by atoms with E-state index in [1.54, 1.807) is 36.7 Å². The first kappa shape index (κ1) is 13.0. The summed E-state index contributed by atoms with van der Waals surface area (Å²) in [6.07, 6.45) is 3.22. The number of methoxy groups -OCH3 is 2. The molecule has 0 bridgehead atoms. The number of hydrogen-bond donors (Lipinski definition) is 0. The summed E-state index contributed by atoms with van der Waals surface area (Å²) in [5.41, 5.74) is 0. The minimum Gasteiger partial charge on any atom is -0.522 e. The molecule has 6 nitrogen and oxygen atoms in total. The highest BCUT2D eigenvalue weighted by atomic mass is 16.6. The van der Waals surface area contributed by atoms with Gasteiger partial charge in [-0.3, -0.25) is 0 Å². The lowest BCUT2D eigenvalue weighted by atomic mass is 10.3. The molecule has 19 heavy (non-hydrogen) atoms. The molecule has 0 unspecified atom stereocenters. The number of hydrogen-bond acceptors (Lipinski definition) is 6. The molecule has 97 valence electrons. The third-order valence-corrected chi connectivity index (χ3v) is 2.21. The largest absolute Gasteiger partial charge is 0.658 e. The second kappa shape index (κ2) is 6.48. The van der Waals surface area contributed by atoms with Gasteiger partial charge in [0.2, 0.25) is 0 Å². The van der Waals surface area contributed by atoms with Crippen LogP contribution in [-0.4, -0.2) is 31.9 Å². The van der Waals surface area contributed by atoms with Crippen LogP contribution in [0.1, 0.15) is 0 Å². The van der Waals surface area contributed by atoms with Crippen molar-refractivity contribution in [3.63, 3.8) is 0 Å². The average molecular weight is 259 g/mol. The van der Waals surface area contributed by atoms with E-state index in [0.29, 0.717) is 23.3 Å². The van der Waals surface area contributed by atoms with Crippen LogP contribution in [0.25, 0.3) is 0 Å². The highest BCUT2D eigenvalue weighted by molar-refractivity contribution is 6.21. The Kier molecular flexibility index (Phi) is 4.44. The highest BCUT2D eigenvalue weighted by Crippen LogP contribution is 2.24. The lowest BCUT2D eigenvalue weighted by Crippen LogP contribution is -2.12. The standard InChI is InChI=1S/C12H12BN2O4/c1-16-11-9(5-3-7-14-11)18-13-19-10-6-4-8-15-12(10)17-2/h3-8H,1-2H3. The second-order valence-corrected chi connectivity index (χ2v) is 3.35. The molecule has 0 aliphatic rings. The number of ether oxygens (including phenoxy) is 2. The van der Waals surface area contributed by atoms with Crippen molar-refractivity contribution in [3.8, 4) is 23.3 Å². The molecule has 0 N–H and O–H groups in total. The Morgan fingerprint density at radius 2 is 1.32 bits per heavy atom. The van der Waals surface area contributed by atoms with Crippen molar-refractivity contribution in [1.29, 1.82) is 0 Å². The van der Waals surface area contributed by atoms with Crippen LogP contribution in [0, 0.1) is 0 Å². The summed E-state index contributed by atoms with van der Waals surface area (Å²) in [5.74, 6) is 1.65. The first-order chi connectivity index (χ1) is 9.35. The molecule has 2 rings (SSSR count). The second-order valence-electron chi connectivity index (χ2n) is 3.35. The van der Waals surface area contributed by atoms with E-state index in [9.17, 15) is 0 Å². The van der Waals surface area contributed by atoms with E-state index in [2.05, 4.69) is 9.97 Å². The first-order valence-electron chi connectivity index (χ1n) is 5.48. The minimum atomic E-state index is 0.375. The molecular formula is C12H12BN2O4. The molecule has 0 saturated heterocycles. The predicted molar refractivity (Wildman–Crippen MR) is 68.6 cm³/mol. The zero-order valence-corrected chi connectivity index (χ0v) is 10.6. The summed E-state index contributed by atoms with van der Waals surface area (Å²) in [5, 5.41) is 0. The highest BCUT2D eigenvalue weighted by Gasteiger charge is 2.10. The van der Waals surface area contributed by atoms with E-state index >= 15 is 0 Å². The predicted octanol–water partition coefficient (Wildman–Crippen LogP) is 1.49. The Morgan fingerprint density at radius 1 is 0.842 bits per heavy atom. The van der Waals surface area contributed by atoms with Crippen LogP contribution < -0.4 is 18.8 Å². The van der Waals surface area contributed by atoms with Crippen LogP contribution in [0.15, 0.2) is 36.7 Å². The number of aromatic nitrogens is 2. The maximum atomic E-state index is 5.31. The van der Waals surface area contributed by atoms with Gasteiger partial charge in [-0.15, -0.1) is 0 Å². The van der Waals surface area contributed by atoms with E-state index in [1.807, 2.05) is 0 Å². The molecule has 0 spiro atoms. The molecule has 0 aliphatic carbocycles. The topological polar surface area (TPSA) is 62.7 Å². The van der Waals surface area contributed by atoms with Gasteiger partial charge in [0.25, 0.3) is 11.8 Å². The van der Waals surface area contributed by atoms with Crippen molar-refractivity contribution in [2.45, 2.75) is 0 Å². The molecule has 0 atom stereocenters. The molecule has 0 fully saturated rings. The van der Waals surface area contributed by atoms with Gasteiger partial charge in [0.15, 0.2) is 11.5 Å². The fourth-order valence-electron chi connectivity index (χ4n) is 1.37. The SMILES string of the molecule is COc1ncccc1O[B]Oc1cccnc1OC. The smallest absolute Gasteiger partial charge is 0.522 e. The minimum absolute atomic E-state index is 0.375. The van der Waals surface area contributed by atoms with Gasteiger partial charge < -0.3 is 18.8 Å². The van der Waals surface area contributed by atoms with E-state index in [1.165, 1.54) is 21.9 Å². The van der Waals surface area contributed by atoms with E-state index < -0.39 is 0 Å². The zero-order chi connectivity index (χ0) is 13.5. The lowest BCUT2D eigenvalue weighted by molar-refractivity contribution is 0.356. The lowest BCUT2D eigenvalue weighted by Gasteiger charge is -2.10. The first-order valence-corrected chi connectivity index (χ1v) is 5.48. The molecule has 2 aromatic heterocycles. The van der Waals surface area contributed by atoms with Crippen LogP contribution in [0.4, 0.5) is 0 Å². The normalized spacial score (nSPS) is 9.58. The molecular weight excluding hydrogens is 247 g/mol. The van der Waals surface area contributed by atoms with Crippen molar-refractivity contribution in [2.75, 3.05) is 14.2 Å². The van der Waals surface area contributed by atoms with Crippen molar-refractivity contribution in [2.24, 2.45) is 0 Å². The summed E-state index contributed by atoms with van der Waals surface area (Å²) >= 11 is 0. The summed E-state index contributed by atoms with van der Waals surface area (Å²) in [6.45, 7) is 0. The van der Waals surface area contributed by atoms with E-state index in [0.717, 1.165) is 0 Å². The third kappa shape index (κ3) is 3.28. The maximum absolute atomic E-state index is 5.31. The molecule has 7 heteroatoms. The van der Waals surface area contributed by atoms with E-state index in [4.69, 9.17) is 18.8 Å². The Labute approximate surface area is 111 Å². The van der Waals surface area contributed by atoms with Crippen molar-refractivity contribution in [3.05, 3.63) is 36.7 Å². The van der Waals surface area contributed by atoms with Crippen LogP contribution in [0.3, 0.4) is 0 Å². The van der Waals surface area contributed by atoms with Gasteiger partial charge >= 0.3 is 7.69 Å². The van der Waals surface area contributed by atoms with Crippen molar-refractivity contribution >= 4 is 7.69 Å². The number of pyridine rings is 2. The van der Waals surface area contributed by atoms with Gasteiger partial charge in [-0.05, 0) is 24.3 Å². The molecule has 2 heterocycles. The van der Waals surface area contributed by atoms with Gasteiger partial charge in [-0.2, -0.15) is 0 Å². The summed E-state index contributed by atoms with van der Waals surface area (Å²) in [7, 11) is 4.19. The van der Waals surface area contributed by atoms with Crippen LogP contribution in [-0.2, 0) is 0 Å². The Bertz CT molecular complexity index is 491. The van der Waals surface area contributed by atoms with Crippen LogP contribution >= 0.6 is 0 Å². The summed E-state index contributed by atoms with van der Waals surface area (Å²) in [4.78, 5) is 7.99. The molecule has 0 saturated carbocycles. The molecule has 0 aliphatic heterocycles. The summed E-state index contributed by atoms with van der Waals surface area (Å²) in [6, 6.07) is 6.89. The fraction of sp³-hybridized carbons (Fsp3) is 0.167. The quantitative estimate of drug-likeness (QED) is 0.732. The number of nitrogens with zero attached hydrogens (tertiary/aromatic N) is 2. The Hall–Kier alpha value is -2.44. The van der Waals surface area contributed by atoms with Crippen LogP contribution in [0.2, 0.25) is 0 Å². The van der Waals surface area contributed by atoms with Crippen molar-refractivity contribution < 1.29 is 18.8 Å². The van der Waals surface area contributed by atoms with Gasteiger partial charge in [0, 0.05) is 12.4 Å². The molecule has 0 amide bonds. The maximum Gasteiger partial charge on any atom is 0.658 e. The molecule has 0 aromatic carbocycles. The Morgan fingerprint density at radius 3 is 1.74 bits per heavy atom. The van der Waals surface area contributed by atoms with Gasteiger partial charge in [0.05, 0.1) is 14.2 Å². The van der Waals surface area contributed by atoms with Crippen LogP contribution in [0.5, 0.6) is 23.3 Å². The summed E-state index contributed by atoms with van der Waals surface area (Å²) < 4.78 is 20.7. The monoisotopic (exact) mass is 259 g/mol. The average Bonchev–Trinajstić information content (AvgIpc) is 2.48. The van der Waals surface area contributed by atoms with Gasteiger partial charge in [-0.1, -0.05) is 0 Å². The molecule has 2 aromatic rings. The molecule has 1 radical (unpaired) electrons. The van der Waals surface area contributed by atoms with Crippen molar-refractivity contribution in [1.82, 2.24) is 9.97 Å².